The molecule has 0 bridgehead atoms. The molecule has 174 valence electrons. The number of aromatic hydroxyl groups is 1. The molecule has 0 aliphatic carbocycles. The van der Waals surface area contributed by atoms with Crippen LogP contribution in [0.15, 0.2) is 84.0 Å². The fraction of sp³-hybridized carbons (Fsp3) is 0.107. The van der Waals surface area contributed by atoms with E-state index in [9.17, 15) is 14.7 Å². The molecular formula is C28H23N3O4. The van der Waals surface area contributed by atoms with E-state index < -0.39 is 0 Å². The van der Waals surface area contributed by atoms with Gasteiger partial charge in [0.25, 0.3) is 11.8 Å². The Morgan fingerprint density at radius 2 is 1.77 bits per heavy atom. The van der Waals surface area contributed by atoms with Crippen molar-refractivity contribution in [1.29, 1.82) is 0 Å². The highest BCUT2D eigenvalue weighted by atomic mass is 16.5. The Kier molecular flexibility index (Phi) is 5.66. The molecule has 7 heteroatoms. The number of methoxy groups -OCH3 is 1. The molecule has 4 aromatic rings. The van der Waals surface area contributed by atoms with Crippen LogP contribution in [0, 0.1) is 0 Å². The van der Waals surface area contributed by atoms with Crippen molar-refractivity contribution in [3.63, 3.8) is 0 Å². The first-order valence-corrected chi connectivity index (χ1v) is 11.1. The maximum atomic E-state index is 13.0. The number of hydrogen-bond acceptors (Lipinski definition) is 5. The first-order valence-electron chi connectivity index (χ1n) is 11.1. The molecule has 0 fully saturated rings. The molecule has 2 amide bonds. The van der Waals surface area contributed by atoms with Crippen LogP contribution in [0.5, 0.6) is 11.5 Å². The number of anilines is 1. The molecule has 5 rings (SSSR count). The van der Waals surface area contributed by atoms with Crippen LogP contribution in [0.4, 0.5) is 5.69 Å². The van der Waals surface area contributed by atoms with Gasteiger partial charge in [-0.2, -0.15) is 5.10 Å². The minimum absolute atomic E-state index is 0.0125. The number of hydrazone groups is 1. The zero-order valence-corrected chi connectivity index (χ0v) is 19.3. The smallest absolute Gasteiger partial charge is 0.271 e. The molecular weight excluding hydrogens is 442 g/mol. The zero-order chi connectivity index (χ0) is 24.5. The zero-order valence-electron chi connectivity index (χ0n) is 19.3. The summed E-state index contributed by atoms with van der Waals surface area (Å²) in [7, 11) is 1.52. The van der Waals surface area contributed by atoms with E-state index in [0.29, 0.717) is 34.7 Å². The largest absolute Gasteiger partial charge is 0.507 e. The number of phenols is 1. The molecule has 0 aromatic heterocycles. The van der Waals surface area contributed by atoms with Crippen LogP contribution in [0.3, 0.4) is 0 Å². The second kappa shape index (κ2) is 8.95. The molecule has 1 aliphatic rings. The van der Waals surface area contributed by atoms with Gasteiger partial charge < -0.3 is 14.7 Å². The van der Waals surface area contributed by atoms with Crippen molar-refractivity contribution in [2.45, 2.75) is 13.5 Å². The van der Waals surface area contributed by atoms with Crippen molar-refractivity contribution >= 4 is 34.0 Å². The van der Waals surface area contributed by atoms with Gasteiger partial charge in [0.05, 0.1) is 25.1 Å². The van der Waals surface area contributed by atoms with Gasteiger partial charge in [-0.05, 0) is 54.3 Å². The average molecular weight is 466 g/mol. The second-order valence-electron chi connectivity index (χ2n) is 8.29. The number of carbonyl (C=O) groups is 2. The van der Waals surface area contributed by atoms with Crippen LogP contribution in [-0.4, -0.2) is 29.7 Å². The predicted octanol–water partition coefficient (Wildman–Crippen LogP) is 4.87. The van der Waals surface area contributed by atoms with Crippen LogP contribution in [0.2, 0.25) is 0 Å². The third-order valence-electron chi connectivity index (χ3n) is 6.13. The van der Waals surface area contributed by atoms with Crippen molar-refractivity contribution in [3.05, 3.63) is 101 Å². The Hall–Kier alpha value is -4.65. The number of carbonyl (C=O) groups excluding carboxylic acids is 2. The van der Waals surface area contributed by atoms with Gasteiger partial charge in [0.2, 0.25) is 0 Å². The summed E-state index contributed by atoms with van der Waals surface area (Å²) in [5.41, 5.74) is 6.42. The second-order valence-corrected chi connectivity index (χ2v) is 8.29. The quantitative estimate of drug-likeness (QED) is 0.314. The van der Waals surface area contributed by atoms with Crippen LogP contribution in [-0.2, 0) is 6.54 Å². The van der Waals surface area contributed by atoms with Gasteiger partial charge in [0, 0.05) is 28.1 Å². The normalized spacial score (nSPS) is 12.8. The van der Waals surface area contributed by atoms with Gasteiger partial charge in [0.1, 0.15) is 11.5 Å². The highest BCUT2D eigenvalue weighted by molar-refractivity contribution is 6.24. The highest BCUT2D eigenvalue weighted by Gasteiger charge is 2.29. The first-order chi connectivity index (χ1) is 17.0. The lowest BCUT2D eigenvalue weighted by molar-refractivity contribution is 0.0953. The van der Waals surface area contributed by atoms with Gasteiger partial charge in [0.15, 0.2) is 0 Å². The van der Waals surface area contributed by atoms with Gasteiger partial charge in [-0.15, -0.1) is 0 Å². The molecule has 0 saturated heterocycles. The lowest BCUT2D eigenvalue weighted by Gasteiger charge is -2.18. The number of nitrogens with one attached hydrogen (secondary N) is 1. The fourth-order valence-corrected chi connectivity index (χ4v) is 4.28. The summed E-state index contributed by atoms with van der Waals surface area (Å²) < 4.78 is 5.08. The number of nitrogens with zero attached hydrogens (tertiary/aromatic N) is 2. The van der Waals surface area contributed by atoms with E-state index in [0.717, 1.165) is 22.0 Å². The lowest BCUT2D eigenvalue weighted by Crippen LogP contribution is -2.26. The third kappa shape index (κ3) is 4.08. The molecule has 2 N–H and O–H groups in total. The summed E-state index contributed by atoms with van der Waals surface area (Å²) in [6, 6.07) is 23.6. The molecule has 7 nitrogen and oxygen atoms in total. The molecule has 0 unspecified atom stereocenters. The van der Waals surface area contributed by atoms with Gasteiger partial charge in [-0.25, -0.2) is 5.43 Å². The van der Waals surface area contributed by atoms with E-state index in [1.807, 2.05) is 48.5 Å². The maximum absolute atomic E-state index is 13.0. The molecule has 0 atom stereocenters. The summed E-state index contributed by atoms with van der Waals surface area (Å²) in [5, 5.41) is 16.3. The van der Waals surface area contributed by atoms with Crippen molar-refractivity contribution in [1.82, 2.24) is 5.43 Å². The fourth-order valence-electron chi connectivity index (χ4n) is 4.28. The van der Waals surface area contributed by atoms with Gasteiger partial charge in [-0.3, -0.25) is 9.59 Å². The minimum Gasteiger partial charge on any atom is -0.507 e. The lowest BCUT2D eigenvalue weighted by atomic mass is 10.1. The first kappa shape index (κ1) is 22.2. The number of hydrogen-bond donors (Lipinski definition) is 2. The van der Waals surface area contributed by atoms with Crippen LogP contribution in [0.25, 0.3) is 10.8 Å². The van der Waals surface area contributed by atoms with Crippen LogP contribution in [0.1, 0.15) is 38.8 Å². The maximum Gasteiger partial charge on any atom is 0.271 e. The summed E-state index contributed by atoms with van der Waals surface area (Å²) in [4.78, 5) is 27.4. The molecule has 0 saturated carbocycles. The van der Waals surface area contributed by atoms with E-state index >= 15 is 0 Å². The molecule has 4 aromatic carbocycles. The average Bonchev–Trinajstić information content (AvgIpc) is 3.15. The molecule has 0 radical (unpaired) electrons. The summed E-state index contributed by atoms with van der Waals surface area (Å²) in [6.45, 7) is 2.10. The van der Waals surface area contributed by atoms with Crippen molar-refractivity contribution in [2.24, 2.45) is 5.10 Å². The Bertz CT molecular complexity index is 1490. The number of phenolic OH excluding ortho intramolecular Hbond substituents is 1. The number of benzene rings is 4. The van der Waals surface area contributed by atoms with E-state index in [4.69, 9.17) is 4.74 Å². The van der Waals surface area contributed by atoms with Crippen LogP contribution >= 0.6 is 0 Å². The van der Waals surface area contributed by atoms with E-state index in [1.54, 1.807) is 36.1 Å². The van der Waals surface area contributed by atoms with Crippen molar-refractivity contribution < 1.29 is 19.4 Å². The van der Waals surface area contributed by atoms with Gasteiger partial charge >= 0.3 is 0 Å². The Morgan fingerprint density at radius 3 is 2.49 bits per heavy atom. The van der Waals surface area contributed by atoms with E-state index in [-0.39, 0.29) is 17.6 Å². The third-order valence-corrected chi connectivity index (χ3v) is 6.13. The monoisotopic (exact) mass is 465 g/mol. The Balaban J connectivity index is 1.28. The molecule has 0 spiro atoms. The summed E-state index contributed by atoms with van der Waals surface area (Å²) in [5.74, 6) is 0.140. The standard InChI is InChI=1S/C28H23N3O4/c1-17(22-14-13-21(35-2)15-25(22)32)29-30-27(33)20-11-9-18(10-12-20)16-31-24-8-4-6-19-5-3-7-23(26(19)24)28(31)34/h3-15,32H,16H2,1-2H3,(H,30,33). The van der Waals surface area contributed by atoms with Crippen molar-refractivity contribution in [2.75, 3.05) is 12.0 Å². The Labute approximate surface area is 202 Å². The SMILES string of the molecule is COc1ccc(C(C)=NNC(=O)c2ccc(CN3C(=O)c4cccc5cccc3c45)cc2)c(O)c1. The number of amides is 2. The number of ether oxygens (including phenoxy) is 1. The summed E-state index contributed by atoms with van der Waals surface area (Å²) in [6.07, 6.45) is 0. The highest BCUT2D eigenvalue weighted by Crippen LogP contribution is 2.38. The Morgan fingerprint density at radius 1 is 1.03 bits per heavy atom. The molecule has 35 heavy (non-hydrogen) atoms. The van der Waals surface area contributed by atoms with Gasteiger partial charge in [-0.1, -0.05) is 36.4 Å². The van der Waals surface area contributed by atoms with E-state index in [1.165, 1.54) is 13.2 Å². The summed E-state index contributed by atoms with van der Waals surface area (Å²) >= 11 is 0. The van der Waals surface area contributed by atoms with E-state index in [2.05, 4.69) is 10.5 Å². The number of rotatable bonds is 6. The van der Waals surface area contributed by atoms with Crippen molar-refractivity contribution in [3.8, 4) is 11.5 Å². The molecule has 1 aliphatic heterocycles. The van der Waals surface area contributed by atoms with Crippen LogP contribution < -0.4 is 15.1 Å². The topological polar surface area (TPSA) is 91.2 Å². The molecule has 1 heterocycles. The minimum atomic E-state index is -0.377. The predicted molar refractivity (Wildman–Crippen MR) is 135 cm³/mol.